The van der Waals surface area contributed by atoms with Crippen molar-refractivity contribution in [3.63, 3.8) is 0 Å². The van der Waals surface area contributed by atoms with Gasteiger partial charge in [-0.3, -0.25) is 29.4 Å². The Bertz CT molecular complexity index is 1240. The molecule has 2 aromatic rings. The van der Waals surface area contributed by atoms with Gasteiger partial charge in [0.2, 0.25) is 11.8 Å². The molecule has 206 valence electrons. The van der Waals surface area contributed by atoms with E-state index >= 15 is 0 Å². The second kappa shape index (κ2) is 14.0. The van der Waals surface area contributed by atoms with Gasteiger partial charge in [0, 0.05) is 0 Å². The first kappa shape index (κ1) is 29.1. The molecule has 0 aromatic heterocycles. The zero-order chi connectivity index (χ0) is 27.8. The van der Waals surface area contributed by atoms with Crippen LogP contribution in [0.15, 0.2) is 48.5 Å². The first-order chi connectivity index (χ1) is 18.8. The summed E-state index contributed by atoms with van der Waals surface area (Å²) in [5.74, 6) is -0.761. The number of nitrogens with one attached hydrogen (secondary N) is 1. The third kappa shape index (κ3) is 8.55. The predicted molar refractivity (Wildman–Crippen MR) is 156 cm³/mol. The normalized spacial score (nSPS) is 19.0. The van der Waals surface area contributed by atoms with Crippen molar-refractivity contribution in [2.24, 2.45) is 0 Å². The highest BCUT2D eigenvalue weighted by molar-refractivity contribution is 8.24. The molecule has 2 fully saturated rings. The van der Waals surface area contributed by atoms with Crippen molar-refractivity contribution in [2.45, 2.75) is 55.4 Å². The minimum Gasteiger partial charge on any atom is -0.494 e. The van der Waals surface area contributed by atoms with Crippen molar-refractivity contribution < 1.29 is 29.0 Å². The van der Waals surface area contributed by atoms with E-state index in [0.717, 1.165) is 60.7 Å². The van der Waals surface area contributed by atoms with E-state index < -0.39 is 5.97 Å². The largest absolute Gasteiger partial charge is 0.494 e. The fourth-order valence-corrected chi connectivity index (χ4v) is 6.83. The lowest BCUT2D eigenvalue weighted by Crippen LogP contribution is -2.36. The van der Waals surface area contributed by atoms with Crippen LogP contribution in [0.3, 0.4) is 0 Å². The van der Waals surface area contributed by atoms with Gasteiger partial charge < -0.3 is 9.84 Å². The monoisotopic (exact) mass is 586 g/mol. The number of hydrogen-bond donors (Lipinski definition) is 2. The van der Waals surface area contributed by atoms with Crippen LogP contribution in [-0.4, -0.2) is 61.0 Å². The Morgan fingerprint density at radius 1 is 0.923 bits per heavy atom. The fourth-order valence-electron chi connectivity index (χ4n) is 4.44. The lowest BCUT2D eigenvalue weighted by Gasteiger charge is -2.12. The molecule has 0 saturated carbocycles. The van der Waals surface area contributed by atoms with Crippen molar-refractivity contribution in [2.75, 3.05) is 13.2 Å². The number of carbonyl (C=O) groups is 4. The standard InChI is InChI=1S/C28H30N2O6S3/c31-24(32)17-30-26(34)23(39-28(30)37)15-19-11-9-18(10-12-19)6-3-1-2-4-13-36-21-8-5-7-20(14-21)16-22-25(33)29-27(35)38-22/h5,7-12,14,22-23H,1-4,6,13,15-17H2,(H,31,32)(H,29,33,35). The van der Waals surface area contributed by atoms with Crippen LogP contribution in [0.1, 0.15) is 42.4 Å². The molecule has 0 bridgehead atoms. The first-order valence-electron chi connectivity index (χ1n) is 12.8. The number of carbonyl (C=O) groups excluding carboxylic acids is 3. The highest BCUT2D eigenvalue weighted by atomic mass is 32.2. The molecule has 0 spiro atoms. The predicted octanol–water partition coefficient (Wildman–Crippen LogP) is 4.62. The molecule has 11 heteroatoms. The van der Waals surface area contributed by atoms with Gasteiger partial charge in [0.15, 0.2) is 0 Å². The maximum Gasteiger partial charge on any atom is 0.323 e. The van der Waals surface area contributed by atoms with Gasteiger partial charge in [-0.15, -0.1) is 0 Å². The molecular weight excluding hydrogens is 557 g/mol. The third-order valence-corrected chi connectivity index (χ3v) is 9.02. The van der Waals surface area contributed by atoms with Crippen molar-refractivity contribution in [1.82, 2.24) is 10.2 Å². The maximum atomic E-state index is 12.5. The number of thiocarbonyl (C=S) groups is 1. The number of benzene rings is 2. The van der Waals surface area contributed by atoms with Gasteiger partial charge in [0.1, 0.15) is 16.6 Å². The number of amides is 3. The van der Waals surface area contributed by atoms with Gasteiger partial charge in [-0.1, -0.05) is 85.0 Å². The summed E-state index contributed by atoms with van der Waals surface area (Å²) in [6.45, 7) is 0.241. The molecule has 2 heterocycles. The van der Waals surface area contributed by atoms with E-state index in [1.54, 1.807) is 0 Å². The Morgan fingerprint density at radius 3 is 2.36 bits per heavy atom. The van der Waals surface area contributed by atoms with E-state index in [1.807, 2.05) is 36.4 Å². The second-order valence-corrected chi connectivity index (χ2v) is 12.5. The summed E-state index contributed by atoms with van der Waals surface area (Å²) in [7, 11) is 0. The van der Waals surface area contributed by atoms with E-state index in [2.05, 4.69) is 17.4 Å². The quantitative estimate of drug-likeness (QED) is 0.242. The maximum absolute atomic E-state index is 12.5. The van der Waals surface area contributed by atoms with Crippen molar-refractivity contribution >= 4 is 63.1 Å². The summed E-state index contributed by atoms with van der Waals surface area (Å²) in [6, 6.07) is 15.9. The van der Waals surface area contributed by atoms with Gasteiger partial charge in [-0.2, -0.15) is 0 Å². The number of carboxylic acid groups (broad SMARTS) is 1. The zero-order valence-corrected chi connectivity index (χ0v) is 23.7. The van der Waals surface area contributed by atoms with Crippen LogP contribution in [0.25, 0.3) is 0 Å². The van der Waals surface area contributed by atoms with Crippen molar-refractivity contribution in [3.05, 3.63) is 65.2 Å². The molecule has 2 unspecified atom stereocenters. The molecule has 2 N–H and O–H groups in total. The number of nitrogens with zero attached hydrogens (tertiary/aromatic N) is 1. The molecule has 2 aliphatic rings. The summed E-state index contributed by atoms with van der Waals surface area (Å²) in [4.78, 5) is 47.7. The number of aliphatic carboxylic acids is 1. The molecule has 2 atom stereocenters. The topological polar surface area (TPSA) is 113 Å². The van der Waals surface area contributed by atoms with E-state index in [9.17, 15) is 19.2 Å². The average Bonchev–Trinajstić information content (AvgIpc) is 3.35. The average molecular weight is 587 g/mol. The molecule has 2 aliphatic heterocycles. The van der Waals surface area contributed by atoms with Crippen LogP contribution >= 0.6 is 35.7 Å². The molecule has 0 radical (unpaired) electrons. The summed E-state index contributed by atoms with van der Waals surface area (Å²) in [5, 5.41) is 10.2. The van der Waals surface area contributed by atoms with Gasteiger partial charge in [-0.05, 0) is 60.9 Å². The number of imide groups is 1. The smallest absolute Gasteiger partial charge is 0.323 e. The van der Waals surface area contributed by atoms with E-state index in [-0.39, 0.29) is 34.1 Å². The first-order valence-corrected chi connectivity index (χ1v) is 15.0. The number of carboxylic acids is 1. The summed E-state index contributed by atoms with van der Waals surface area (Å²) >= 11 is 7.46. The molecule has 8 nitrogen and oxygen atoms in total. The number of aryl methyl sites for hydroxylation is 1. The Balaban J connectivity index is 1.10. The Hall–Kier alpha value is -2.89. The van der Waals surface area contributed by atoms with E-state index in [4.69, 9.17) is 22.1 Å². The molecule has 0 aliphatic carbocycles. The lowest BCUT2D eigenvalue weighted by molar-refractivity contribution is -0.141. The minimum atomic E-state index is -1.07. The highest BCUT2D eigenvalue weighted by Gasteiger charge is 2.37. The van der Waals surface area contributed by atoms with Crippen LogP contribution in [0.2, 0.25) is 0 Å². The van der Waals surface area contributed by atoms with Crippen LogP contribution in [0.5, 0.6) is 5.75 Å². The van der Waals surface area contributed by atoms with Gasteiger partial charge in [0.05, 0.1) is 17.1 Å². The number of unbranched alkanes of at least 4 members (excludes halogenated alkanes) is 3. The zero-order valence-electron chi connectivity index (χ0n) is 21.3. The van der Waals surface area contributed by atoms with Crippen molar-refractivity contribution in [3.8, 4) is 5.75 Å². The van der Waals surface area contributed by atoms with Crippen LogP contribution in [-0.2, 0) is 33.6 Å². The van der Waals surface area contributed by atoms with Crippen LogP contribution in [0, 0.1) is 0 Å². The number of ether oxygens (including phenoxy) is 1. The summed E-state index contributed by atoms with van der Waals surface area (Å²) in [6.07, 6.45) is 6.18. The molecule has 2 saturated heterocycles. The highest BCUT2D eigenvalue weighted by Crippen LogP contribution is 2.30. The Kier molecular flexibility index (Phi) is 10.4. The third-order valence-electron chi connectivity index (χ3n) is 6.46. The van der Waals surface area contributed by atoms with Crippen LogP contribution < -0.4 is 10.1 Å². The number of thioether (sulfide) groups is 2. The number of rotatable bonds is 14. The molecule has 3 amide bonds. The van der Waals surface area contributed by atoms with Crippen molar-refractivity contribution in [1.29, 1.82) is 0 Å². The van der Waals surface area contributed by atoms with E-state index in [0.29, 0.717) is 23.8 Å². The fraction of sp³-hybridized carbons (Fsp3) is 0.393. The second-order valence-electron chi connectivity index (χ2n) is 9.46. The molecule has 2 aromatic carbocycles. The lowest BCUT2D eigenvalue weighted by atomic mass is 10.0. The summed E-state index contributed by atoms with van der Waals surface area (Å²) in [5.41, 5.74) is 3.25. The van der Waals surface area contributed by atoms with Gasteiger partial charge in [0.25, 0.3) is 5.24 Å². The van der Waals surface area contributed by atoms with Crippen LogP contribution in [0.4, 0.5) is 4.79 Å². The van der Waals surface area contributed by atoms with Gasteiger partial charge in [-0.25, -0.2) is 0 Å². The Labute approximate surface area is 241 Å². The molecule has 4 rings (SSSR count). The molecule has 39 heavy (non-hydrogen) atoms. The summed E-state index contributed by atoms with van der Waals surface area (Å²) < 4.78 is 6.22. The minimum absolute atomic E-state index is 0.233. The number of hydrogen-bond acceptors (Lipinski definition) is 8. The van der Waals surface area contributed by atoms with Gasteiger partial charge >= 0.3 is 5.97 Å². The molecular formula is C28H30N2O6S3. The van der Waals surface area contributed by atoms with E-state index in [1.165, 1.54) is 22.2 Å². The Morgan fingerprint density at radius 2 is 1.64 bits per heavy atom. The SMILES string of the molecule is O=C(O)CN1C(=O)C(Cc2ccc(CCCCCCOc3cccc(CC4SC(=O)NC4=O)c3)cc2)SC1=S.